The molecule has 1 heterocycles. The van der Waals surface area contributed by atoms with Gasteiger partial charge in [-0.05, 0) is 38.1 Å². The molecule has 2 aromatic rings. The lowest BCUT2D eigenvalue weighted by Crippen LogP contribution is -2.26. The molecule has 1 amide bonds. The summed E-state index contributed by atoms with van der Waals surface area (Å²) in [6, 6.07) is 8.81. The molecular weight excluding hydrogens is 260 g/mol. The molecule has 1 atom stereocenters. The van der Waals surface area contributed by atoms with Gasteiger partial charge in [-0.1, -0.05) is 0 Å². The third-order valence-electron chi connectivity index (χ3n) is 2.88. The summed E-state index contributed by atoms with van der Waals surface area (Å²) in [4.78, 5) is 22.0. The molecule has 1 aromatic heterocycles. The molecule has 0 radical (unpaired) electrons. The van der Waals surface area contributed by atoms with Crippen molar-refractivity contribution in [2.45, 2.75) is 19.9 Å². The minimum Gasteiger partial charge on any atom is -0.464 e. The summed E-state index contributed by atoms with van der Waals surface area (Å²) in [5.74, 6) is 1.13. The van der Waals surface area contributed by atoms with Crippen LogP contribution in [0.25, 0.3) is 0 Å². The number of benzene rings is 1. The SMILES string of the molecule is Cc1ccc(C(C)NC(=O)c2ccc([N+](=O)[O-])cc2)o1. The largest absolute Gasteiger partial charge is 0.464 e. The van der Waals surface area contributed by atoms with E-state index in [0.29, 0.717) is 11.3 Å². The van der Waals surface area contributed by atoms with E-state index in [2.05, 4.69) is 5.32 Å². The lowest BCUT2D eigenvalue weighted by Gasteiger charge is -2.11. The van der Waals surface area contributed by atoms with Crippen LogP contribution >= 0.6 is 0 Å². The van der Waals surface area contributed by atoms with Crippen molar-refractivity contribution in [1.82, 2.24) is 5.32 Å². The van der Waals surface area contributed by atoms with Crippen LogP contribution in [0.2, 0.25) is 0 Å². The molecule has 0 spiro atoms. The topological polar surface area (TPSA) is 85.4 Å². The molecule has 6 nitrogen and oxygen atoms in total. The summed E-state index contributed by atoms with van der Waals surface area (Å²) < 4.78 is 5.43. The van der Waals surface area contributed by atoms with Crippen molar-refractivity contribution in [2.75, 3.05) is 0 Å². The maximum atomic E-state index is 12.0. The van der Waals surface area contributed by atoms with Gasteiger partial charge in [-0.2, -0.15) is 0 Å². The average molecular weight is 274 g/mol. The Morgan fingerprint density at radius 3 is 2.40 bits per heavy atom. The summed E-state index contributed by atoms with van der Waals surface area (Å²) in [6.45, 7) is 3.63. The summed E-state index contributed by atoms with van der Waals surface area (Å²) in [5.41, 5.74) is 0.321. The van der Waals surface area contributed by atoms with E-state index in [0.717, 1.165) is 5.76 Å². The quantitative estimate of drug-likeness (QED) is 0.686. The van der Waals surface area contributed by atoms with Crippen molar-refractivity contribution in [2.24, 2.45) is 0 Å². The molecule has 1 N–H and O–H groups in total. The number of carbonyl (C=O) groups excluding carboxylic acids is 1. The predicted octanol–water partition coefficient (Wildman–Crippen LogP) is 2.99. The third kappa shape index (κ3) is 3.03. The van der Waals surface area contributed by atoms with Crippen LogP contribution in [0.1, 0.15) is 34.8 Å². The van der Waals surface area contributed by atoms with Gasteiger partial charge in [0, 0.05) is 17.7 Å². The molecular formula is C14H14N2O4. The van der Waals surface area contributed by atoms with Crippen molar-refractivity contribution in [3.05, 3.63) is 63.6 Å². The molecule has 0 aliphatic rings. The molecule has 1 unspecified atom stereocenters. The van der Waals surface area contributed by atoms with Gasteiger partial charge in [0.15, 0.2) is 0 Å². The van der Waals surface area contributed by atoms with Crippen LogP contribution in [0.4, 0.5) is 5.69 Å². The summed E-state index contributed by atoms with van der Waals surface area (Å²) in [7, 11) is 0. The molecule has 0 bridgehead atoms. The first kappa shape index (κ1) is 13.8. The molecule has 0 saturated heterocycles. The lowest BCUT2D eigenvalue weighted by atomic mass is 10.1. The molecule has 1 aromatic carbocycles. The number of hydrogen-bond donors (Lipinski definition) is 1. The Morgan fingerprint density at radius 2 is 1.90 bits per heavy atom. The van der Waals surface area contributed by atoms with Crippen LogP contribution in [0.3, 0.4) is 0 Å². The molecule has 2 rings (SSSR count). The van der Waals surface area contributed by atoms with E-state index < -0.39 is 4.92 Å². The number of nitro groups is 1. The maximum Gasteiger partial charge on any atom is 0.269 e. The van der Waals surface area contributed by atoms with Crippen molar-refractivity contribution >= 4 is 11.6 Å². The Morgan fingerprint density at radius 1 is 1.25 bits per heavy atom. The smallest absolute Gasteiger partial charge is 0.269 e. The van der Waals surface area contributed by atoms with Gasteiger partial charge in [-0.3, -0.25) is 14.9 Å². The molecule has 0 fully saturated rings. The number of furan rings is 1. The van der Waals surface area contributed by atoms with Crippen LogP contribution in [-0.4, -0.2) is 10.8 Å². The van der Waals surface area contributed by atoms with E-state index >= 15 is 0 Å². The highest BCUT2D eigenvalue weighted by atomic mass is 16.6. The maximum absolute atomic E-state index is 12.0. The Balaban J connectivity index is 2.06. The summed E-state index contributed by atoms with van der Waals surface area (Å²) >= 11 is 0. The third-order valence-corrected chi connectivity index (χ3v) is 2.88. The van der Waals surface area contributed by atoms with Crippen molar-refractivity contribution in [3.8, 4) is 0 Å². The van der Waals surface area contributed by atoms with Gasteiger partial charge < -0.3 is 9.73 Å². The van der Waals surface area contributed by atoms with Gasteiger partial charge in [0.05, 0.1) is 11.0 Å². The number of carbonyl (C=O) groups is 1. The van der Waals surface area contributed by atoms with E-state index in [4.69, 9.17) is 4.42 Å². The summed E-state index contributed by atoms with van der Waals surface area (Å²) in [6.07, 6.45) is 0. The zero-order valence-corrected chi connectivity index (χ0v) is 11.1. The molecule has 0 aliphatic carbocycles. The monoisotopic (exact) mass is 274 g/mol. The average Bonchev–Trinajstić information content (AvgIpc) is 2.85. The van der Waals surface area contributed by atoms with Gasteiger partial charge in [0.2, 0.25) is 0 Å². The van der Waals surface area contributed by atoms with Gasteiger partial charge >= 0.3 is 0 Å². The molecule has 104 valence electrons. The van der Waals surface area contributed by atoms with E-state index in [1.807, 2.05) is 19.9 Å². The van der Waals surface area contributed by atoms with E-state index in [-0.39, 0.29) is 17.6 Å². The van der Waals surface area contributed by atoms with Crippen LogP contribution < -0.4 is 5.32 Å². The number of non-ortho nitro benzene ring substituents is 1. The van der Waals surface area contributed by atoms with Crippen molar-refractivity contribution in [3.63, 3.8) is 0 Å². The highest BCUT2D eigenvalue weighted by Gasteiger charge is 2.15. The van der Waals surface area contributed by atoms with Crippen LogP contribution in [0.15, 0.2) is 40.8 Å². The second-order valence-corrected chi connectivity index (χ2v) is 4.45. The first-order valence-corrected chi connectivity index (χ1v) is 6.09. The van der Waals surface area contributed by atoms with E-state index in [1.165, 1.54) is 24.3 Å². The fourth-order valence-electron chi connectivity index (χ4n) is 1.77. The first-order valence-electron chi connectivity index (χ1n) is 6.09. The normalized spacial score (nSPS) is 11.9. The zero-order chi connectivity index (χ0) is 14.7. The Bertz CT molecular complexity index is 631. The van der Waals surface area contributed by atoms with Crippen molar-refractivity contribution in [1.29, 1.82) is 0 Å². The first-order chi connectivity index (χ1) is 9.47. The summed E-state index contributed by atoms with van der Waals surface area (Å²) in [5, 5.41) is 13.3. The Kier molecular flexibility index (Phi) is 3.84. The number of hydrogen-bond acceptors (Lipinski definition) is 4. The van der Waals surface area contributed by atoms with E-state index in [1.54, 1.807) is 6.07 Å². The molecule has 6 heteroatoms. The van der Waals surface area contributed by atoms with E-state index in [9.17, 15) is 14.9 Å². The number of aryl methyl sites for hydroxylation is 1. The van der Waals surface area contributed by atoms with Crippen LogP contribution in [-0.2, 0) is 0 Å². The Hall–Kier alpha value is -2.63. The fraction of sp³-hybridized carbons (Fsp3) is 0.214. The number of nitrogens with one attached hydrogen (secondary N) is 1. The number of nitrogens with zero attached hydrogens (tertiary/aromatic N) is 1. The lowest BCUT2D eigenvalue weighted by molar-refractivity contribution is -0.384. The second-order valence-electron chi connectivity index (χ2n) is 4.45. The molecule has 0 saturated carbocycles. The highest BCUT2D eigenvalue weighted by Crippen LogP contribution is 2.17. The van der Waals surface area contributed by atoms with Gasteiger partial charge in [-0.25, -0.2) is 0 Å². The zero-order valence-electron chi connectivity index (χ0n) is 11.1. The van der Waals surface area contributed by atoms with Gasteiger partial charge in [0.1, 0.15) is 11.5 Å². The minimum absolute atomic E-state index is 0.0451. The number of rotatable bonds is 4. The fourth-order valence-corrected chi connectivity index (χ4v) is 1.77. The minimum atomic E-state index is -0.504. The standard InChI is InChI=1S/C14H14N2O4/c1-9-3-8-13(20-9)10(2)15-14(17)11-4-6-12(7-5-11)16(18)19/h3-8,10H,1-2H3,(H,15,17). The molecule has 20 heavy (non-hydrogen) atoms. The van der Waals surface area contributed by atoms with Crippen molar-refractivity contribution < 1.29 is 14.1 Å². The van der Waals surface area contributed by atoms with Crippen LogP contribution in [0, 0.1) is 17.0 Å². The van der Waals surface area contributed by atoms with Crippen LogP contribution in [0.5, 0.6) is 0 Å². The van der Waals surface area contributed by atoms with Gasteiger partial charge in [-0.15, -0.1) is 0 Å². The van der Waals surface area contributed by atoms with Gasteiger partial charge in [0.25, 0.3) is 11.6 Å². The predicted molar refractivity (Wildman–Crippen MR) is 72.4 cm³/mol. The molecule has 0 aliphatic heterocycles. The number of amides is 1. The highest BCUT2D eigenvalue weighted by molar-refractivity contribution is 5.94. The number of nitro benzene ring substituents is 1. The second kappa shape index (κ2) is 5.56. The Labute approximate surface area is 115 Å².